The Morgan fingerprint density at radius 1 is 0.973 bits per heavy atom. The smallest absolute Gasteiger partial charge is 0.275 e. The zero-order chi connectivity index (χ0) is 26.2. The number of halogens is 1. The first kappa shape index (κ1) is 25.8. The maximum atomic E-state index is 12.9. The molecule has 0 heterocycles. The molecule has 0 unspecified atom stereocenters. The van der Waals surface area contributed by atoms with Crippen LogP contribution >= 0.6 is 11.6 Å². The van der Waals surface area contributed by atoms with Crippen molar-refractivity contribution in [3.05, 3.63) is 113 Å². The van der Waals surface area contributed by atoms with Crippen LogP contribution in [0.1, 0.15) is 27.0 Å². The highest BCUT2D eigenvalue weighted by Crippen LogP contribution is 2.34. The fraction of sp³-hybridized carbons (Fsp3) is 0.133. The number of carbonyl (C=O) groups is 1. The maximum absolute atomic E-state index is 12.9. The van der Waals surface area contributed by atoms with Crippen LogP contribution in [0.5, 0.6) is 17.2 Å². The second-order valence-electron chi connectivity index (χ2n) is 8.22. The molecule has 4 rings (SSSR count). The zero-order valence-corrected chi connectivity index (χ0v) is 21.4. The first-order valence-electron chi connectivity index (χ1n) is 11.6. The largest absolute Gasteiger partial charge is 0.496 e. The second kappa shape index (κ2) is 12.1. The van der Waals surface area contributed by atoms with Crippen LogP contribution in [0.25, 0.3) is 10.8 Å². The molecule has 0 aliphatic rings. The van der Waals surface area contributed by atoms with Crippen molar-refractivity contribution in [2.24, 2.45) is 5.10 Å². The second-order valence-corrected chi connectivity index (χ2v) is 8.65. The number of allylic oxidation sites excluding steroid dienone is 1. The molecule has 1 N–H and O–H groups in total. The maximum Gasteiger partial charge on any atom is 0.275 e. The van der Waals surface area contributed by atoms with E-state index in [1.807, 2.05) is 60.7 Å². The summed E-state index contributed by atoms with van der Waals surface area (Å²) in [5, 5.41) is 6.76. The topological polar surface area (TPSA) is 69.2 Å². The van der Waals surface area contributed by atoms with E-state index >= 15 is 0 Å². The third-order valence-electron chi connectivity index (χ3n) is 5.73. The molecular weight excluding hydrogens is 488 g/mol. The number of methoxy groups -OCH3 is 2. The lowest BCUT2D eigenvalue weighted by atomic mass is 10.1. The summed E-state index contributed by atoms with van der Waals surface area (Å²) in [4.78, 5) is 12.9. The van der Waals surface area contributed by atoms with E-state index in [4.69, 9.17) is 25.8 Å². The van der Waals surface area contributed by atoms with Crippen molar-refractivity contribution in [3.8, 4) is 17.2 Å². The van der Waals surface area contributed by atoms with Crippen molar-refractivity contribution in [2.75, 3.05) is 14.2 Å². The standard InChI is InChI=1S/C30H27ClN2O4/c1-4-7-24-14-21(15-28(36-3)29(24)37-19-20-10-12-25(31)13-11-20)18-32-33-30(34)26-16-22-8-5-6-9-23(22)17-27(26)35-2/h4-6,8-18H,1,7,19H2,2-3H3,(H,33,34)/b32-18-. The van der Waals surface area contributed by atoms with Gasteiger partial charge in [0.1, 0.15) is 12.4 Å². The van der Waals surface area contributed by atoms with Gasteiger partial charge in [0, 0.05) is 10.6 Å². The first-order valence-corrected chi connectivity index (χ1v) is 12.0. The van der Waals surface area contributed by atoms with E-state index in [-0.39, 0.29) is 5.91 Å². The number of ether oxygens (including phenoxy) is 3. The predicted octanol–water partition coefficient (Wildman–Crippen LogP) is 6.58. The van der Waals surface area contributed by atoms with Crippen molar-refractivity contribution in [1.82, 2.24) is 5.43 Å². The lowest BCUT2D eigenvalue weighted by Gasteiger charge is -2.16. The third kappa shape index (κ3) is 6.29. The molecule has 0 fully saturated rings. The molecule has 37 heavy (non-hydrogen) atoms. The lowest BCUT2D eigenvalue weighted by Crippen LogP contribution is -2.18. The Hall–Kier alpha value is -4.29. The first-order chi connectivity index (χ1) is 18.0. The quantitative estimate of drug-likeness (QED) is 0.147. The molecule has 7 heteroatoms. The molecule has 0 spiro atoms. The van der Waals surface area contributed by atoms with E-state index in [0.29, 0.717) is 40.9 Å². The number of benzene rings is 4. The van der Waals surface area contributed by atoms with Crippen molar-refractivity contribution in [2.45, 2.75) is 13.0 Å². The Morgan fingerprint density at radius 3 is 2.35 bits per heavy atom. The molecule has 4 aromatic rings. The fourth-order valence-electron chi connectivity index (χ4n) is 3.91. The van der Waals surface area contributed by atoms with Gasteiger partial charge in [0.25, 0.3) is 5.91 Å². The van der Waals surface area contributed by atoms with Gasteiger partial charge in [-0.2, -0.15) is 5.10 Å². The van der Waals surface area contributed by atoms with Gasteiger partial charge in [-0.05, 0) is 64.7 Å². The highest BCUT2D eigenvalue weighted by atomic mass is 35.5. The Balaban J connectivity index is 1.53. The molecule has 0 aromatic heterocycles. The number of rotatable bonds is 10. The van der Waals surface area contributed by atoms with E-state index in [1.165, 1.54) is 7.11 Å². The summed E-state index contributed by atoms with van der Waals surface area (Å²) in [6.45, 7) is 4.21. The number of nitrogens with zero attached hydrogens (tertiary/aromatic N) is 1. The summed E-state index contributed by atoms with van der Waals surface area (Å²) in [6.07, 6.45) is 3.91. The van der Waals surface area contributed by atoms with Crippen molar-refractivity contribution >= 4 is 34.5 Å². The monoisotopic (exact) mass is 514 g/mol. The third-order valence-corrected chi connectivity index (χ3v) is 5.98. The van der Waals surface area contributed by atoms with Gasteiger partial charge in [0.05, 0.1) is 26.0 Å². The molecule has 0 radical (unpaired) electrons. The molecule has 6 nitrogen and oxygen atoms in total. The molecule has 0 aliphatic carbocycles. The molecule has 4 aromatic carbocycles. The van der Waals surface area contributed by atoms with Crippen molar-refractivity contribution < 1.29 is 19.0 Å². The van der Waals surface area contributed by atoms with Crippen LogP contribution in [0, 0.1) is 0 Å². The summed E-state index contributed by atoms with van der Waals surface area (Å²) < 4.78 is 17.1. The number of nitrogens with one attached hydrogen (secondary N) is 1. The SMILES string of the molecule is C=CCc1cc(/C=N\NC(=O)c2cc3ccccc3cc2OC)cc(OC)c1OCc1ccc(Cl)cc1. The van der Waals surface area contributed by atoms with Gasteiger partial charge in [0.2, 0.25) is 0 Å². The number of hydrogen-bond donors (Lipinski definition) is 1. The summed E-state index contributed by atoms with van der Waals surface area (Å²) >= 11 is 5.98. The minimum Gasteiger partial charge on any atom is -0.496 e. The van der Waals surface area contributed by atoms with E-state index in [2.05, 4.69) is 17.1 Å². The number of carbonyl (C=O) groups excluding carboxylic acids is 1. The molecule has 0 atom stereocenters. The molecule has 0 saturated carbocycles. The number of amides is 1. The number of hydrazone groups is 1. The van der Waals surface area contributed by atoms with E-state index in [9.17, 15) is 4.79 Å². The zero-order valence-electron chi connectivity index (χ0n) is 20.7. The Morgan fingerprint density at radius 2 is 1.68 bits per heavy atom. The minimum atomic E-state index is -0.375. The molecular formula is C30H27ClN2O4. The molecule has 0 bridgehead atoms. The average molecular weight is 515 g/mol. The highest BCUT2D eigenvalue weighted by Gasteiger charge is 2.15. The average Bonchev–Trinajstić information content (AvgIpc) is 2.92. The van der Waals surface area contributed by atoms with Crippen LogP contribution in [0.3, 0.4) is 0 Å². The van der Waals surface area contributed by atoms with E-state index in [1.54, 1.807) is 31.5 Å². The van der Waals surface area contributed by atoms with Crippen LogP contribution in [0.15, 0.2) is 90.6 Å². The Kier molecular flexibility index (Phi) is 8.44. The molecule has 1 amide bonds. The number of fused-ring (bicyclic) bond motifs is 1. The highest BCUT2D eigenvalue weighted by molar-refractivity contribution is 6.30. The molecule has 0 saturated heterocycles. The van der Waals surface area contributed by atoms with Gasteiger partial charge in [-0.1, -0.05) is 54.1 Å². The van der Waals surface area contributed by atoms with Crippen LogP contribution in [0.4, 0.5) is 0 Å². The van der Waals surface area contributed by atoms with Crippen LogP contribution in [-0.2, 0) is 13.0 Å². The van der Waals surface area contributed by atoms with Gasteiger partial charge in [0.15, 0.2) is 11.5 Å². The van der Waals surface area contributed by atoms with Crippen molar-refractivity contribution in [1.29, 1.82) is 0 Å². The van der Waals surface area contributed by atoms with Gasteiger partial charge < -0.3 is 14.2 Å². The predicted molar refractivity (Wildman–Crippen MR) is 148 cm³/mol. The Bertz CT molecular complexity index is 1450. The summed E-state index contributed by atoms with van der Waals surface area (Å²) in [5.74, 6) is 1.28. The van der Waals surface area contributed by atoms with Gasteiger partial charge >= 0.3 is 0 Å². The summed E-state index contributed by atoms with van der Waals surface area (Å²) in [5.41, 5.74) is 5.58. The number of hydrogen-bond acceptors (Lipinski definition) is 5. The minimum absolute atomic E-state index is 0.356. The normalized spacial score (nSPS) is 10.9. The summed E-state index contributed by atoms with van der Waals surface area (Å²) in [7, 11) is 3.12. The van der Waals surface area contributed by atoms with Crippen molar-refractivity contribution in [3.63, 3.8) is 0 Å². The molecule has 188 valence electrons. The Labute approximate surface area is 221 Å². The van der Waals surface area contributed by atoms with Crippen LogP contribution in [-0.4, -0.2) is 26.3 Å². The van der Waals surface area contributed by atoms with Crippen LogP contribution < -0.4 is 19.6 Å². The lowest BCUT2D eigenvalue weighted by molar-refractivity contribution is 0.0952. The molecule has 0 aliphatic heterocycles. The summed E-state index contributed by atoms with van der Waals surface area (Å²) in [6, 6.07) is 22.6. The van der Waals surface area contributed by atoms with Gasteiger partial charge in [-0.3, -0.25) is 4.79 Å². The van der Waals surface area contributed by atoms with E-state index in [0.717, 1.165) is 27.5 Å². The van der Waals surface area contributed by atoms with Gasteiger partial charge in [-0.15, -0.1) is 6.58 Å². The van der Waals surface area contributed by atoms with Gasteiger partial charge in [-0.25, -0.2) is 5.43 Å². The fourth-order valence-corrected chi connectivity index (χ4v) is 4.03. The van der Waals surface area contributed by atoms with Crippen LogP contribution in [0.2, 0.25) is 5.02 Å². The van der Waals surface area contributed by atoms with E-state index < -0.39 is 0 Å².